The van der Waals surface area contributed by atoms with Gasteiger partial charge in [0.05, 0.1) is 11.9 Å². The second-order valence-electron chi connectivity index (χ2n) is 4.56. The molecule has 0 saturated carbocycles. The minimum absolute atomic E-state index is 0.0882. The first kappa shape index (κ1) is 13.5. The van der Waals surface area contributed by atoms with E-state index in [0.717, 1.165) is 31.7 Å². The van der Waals surface area contributed by atoms with E-state index in [1.807, 2.05) is 0 Å². The zero-order valence-corrected chi connectivity index (χ0v) is 12.4. The first-order valence-electron chi connectivity index (χ1n) is 6.34. The quantitative estimate of drug-likeness (QED) is 0.908. The van der Waals surface area contributed by atoms with Crippen molar-refractivity contribution < 1.29 is 0 Å². The summed E-state index contributed by atoms with van der Waals surface area (Å²) in [6, 6.07) is 0.439. The molecule has 1 aliphatic heterocycles. The van der Waals surface area contributed by atoms with Gasteiger partial charge in [0.15, 0.2) is 0 Å². The van der Waals surface area contributed by atoms with Crippen molar-refractivity contribution in [3.63, 3.8) is 0 Å². The van der Waals surface area contributed by atoms with Crippen LogP contribution < -0.4 is 15.8 Å². The minimum Gasteiger partial charge on any atom is -0.365 e. The van der Waals surface area contributed by atoms with Crippen LogP contribution in [0.3, 0.4) is 0 Å². The summed E-state index contributed by atoms with van der Waals surface area (Å²) in [7, 11) is 1.66. The lowest BCUT2D eigenvalue weighted by molar-refractivity contribution is 0.434. The van der Waals surface area contributed by atoms with Crippen LogP contribution in [0.1, 0.15) is 19.8 Å². The Morgan fingerprint density at radius 3 is 3.06 bits per heavy atom. The molecule has 5 nitrogen and oxygen atoms in total. The SMILES string of the molecule is CCN(c1cnn(C)c(=O)c1Br)C1CCCNC1. The van der Waals surface area contributed by atoms with Crippen molar-refractivity contribution in [2.75, 3.05) is 24.5 Å². The average molecular weight is 315 g/mol. The van der Waals surface area contributed by atoms with E-state index in [4.69, 9.17) is 0 Å². The minimum atomic E-state index is -0.0882. The molecule has 0 bridgehead atoms. The Morgan fingerprint density at radius 2 is 2.44 bits per heavy atom. The lowest BCUT2D eigenvalue weighted by atomic mass is 10.1. The summed E-state index contributed by atoms with van der Waals surface area (Å²) in [5.41, 5.74) is 0.809. The number of halogens is 1. The molecule has 18 heavy (non-hydrogen) atoms. The number of nitrogens with zero attached hydrogens (tertiary/aromatic N) is 3. The molecule has 0 amide bonds. The standard InChI is InChI=1S/C12H19BrN4O/c1-3-17(9-5-4-6-14-7-9)10-8-15-16(2)12(18)11(10)13/h8-9,14H,3-7H2,1-2H3. The molecule has 0 aliphatic carbocycles. The summed E-state index contributed by atoms with van der Waals surface area (Å²) in [5, 5.41) is 7.52. The Bertz CT molecular complexity index is 468. The van der Waals surface area contributed by atoms with Crippen LogP contribution in [0.25, 0.3) is 0 Å². The molecule has 1 N–H and O–H groups in total. The van der Waals surface area contributed by atoms with Crippen molar-refractivity contribution in [2.45, 2.75) is 25.8 Å². The summed E-state index contributed by atoms with van der Waals surface area (Å²) in [4.78, 5) is 14.2. The second-order valence-corrected chi connectivity index (χ2v) is 5.35. The maximum atomic E-state index is 11.9. The Kier molecular flexibility index (Phi) is 4.40. The maximum Gasteiger partial charge on any atom is 0.282 e. The molecule has 1 aromatic rings. The summed E-state index contributed by atoms with van der Waals surface area (Å²) >= 11 is 3.40. The topological polar surface area (TPSA) is 50.2 Å². The Morgan fingerprint density at radius 1 is 1.67 bits per heavy atom. The van der Waals surface area contributed by atoms with Crippen LogP contribution in [0.15, 0.2) is 15.5 Å². The molecule has 6 heteroatoms. The van der Waals surface area contributed by atoms with Crippen LogP contribution in [0.2, 0.25) is 0 Å². The highest BCUT2D eigenvalue weighted by Gasteiger charge is 2.23. The van der Waals surface area contributed by atoms with Gasteiger partial charge >= 0.3 is 0 Å². The van der Waals surface area contributed by atoms with Crippen molar-refractivity contribution in [3.8, 4) is 0 Å². The molecular formula is C12H19BrN4O. The van der Waals surface area contributed by atoms with Crippen LogP contribution in [0.4, 0.5) is 5.69 Å². The largest absolute Gasteiger partial charge is 0.365 e. The van der Waals surface area contributed by atoms with Gasteiger partial charge in [0.25, 0.3) is 5.56 Å². The Hall–Kier alpha value is -0.880. The number of piperidine rings is 1. The highest BCUT2D eigenvalue weighted by atomic mass is 79.9. The van der Waals surface area contributed by atoms with E-state index >= 15 is 0 Å². The third kappa shape index (κ3) is 2.59. The molecule has 1 unspecified atom stereocenters. The lowest BCUT2D eigenvalue weighted by Crippen LogP contribution is -2.46. The number of aryl methyl sites for hydroxylation is 1. The van der Waals surface area contributed by atoms with Gasteiger partial charge in [-0.3, -0.25) is 4.79 Å². The van der Waals surface area contributed by atoms with E-state index in [0.29, 0.717) is 10.5 Å². The van der Waals surface area contributed by atoms with Gasteiger partial charge in [0.2, 0.25) is 0 Å². The van der Waals surface area contributed by atoms with Crippen molar-refractivity contribution >= 4 is 21.6 Å². The summed E-state index contributed by atoms with van der Waals surface area (Å²) in [6.07, 6.45) is 4.10. The first-order chi connectivity index (χ1) is 8.65. The predicted octanol–water partition coefficient (Wildman–Crippen LogP) is 1.12. The number of hydrogen-bond donors (Lipinski definition) is 1. The van der Waals surface area contributed by atoms with Gasteiger partial charge in [-0.15, -0.1) is 0 Å². The van der Waals surface area contributed by atoms with Crippen LogP contribution in [-0.4, -0.2) is 35.5 Å². The Balaban J connectivity index is 2.32. The Labute approximate surface area is 115 Å². The van der Waals surface area contributed by atoms with E-state index in [-0.39, 0.29) is 5.56 Å². The molecular weight excluding hydrogens is 296 g/mol. The molecule has 1 fully saturated rings. The molecule has 1 aliphatic rings. The van der Waals surface area contributed by atoms with Crippen LogP contribution in [-0.2, 0) is 7.05 Å². The molecule has 2 heterocycles. The molecule has 0 spiro atoms. The second kappa shape index (κ2) is 5.84. The fraction of sp³-hybridized carbons (Fsp3) is 0.667. The van der Waals surface area contributed by atoms with E-state index < -0.39 is 0 Å². The maximum absolute atomic E-state index is 11.9. The number of rotatable bonds is 3. The molecule has 100 valence electrons. The molecule has 1 atom stereocenters. The zero-order chi connectivity index (χ0) is 13.1. The van der Waals surface area contributed by atoms with Crippen LogP contribution in [0, 0.1) is 0 Å². The summed E-state index contributed by atoms with van der Waals surface area (Å²) in [6.45, 7) is 5.04. The monoisotopic (exact) mass is 314 g/mol. The van der Waals surface area contributed by atoms with Gasteiger partial charge in [-0.1, -0.05) is 0 Å². The third-order valence-corrected chi connectivity index (χ3v) is 4.17. The fourth-order valence-corrected chi connectivity index (χ4v) is 3.01. The number of likely N-dealkylation sites (N-methyl/N-ethyl adjacent to an activating group) is 1. The van der Waals surface area contributed by atoms with E-state index in [1.165, 1.54) is 11.1 Å². The molecule has 1 aromatic heterocycles. The van der Waals surface area contributed by atoms with Gasteiger partial charge in [0.1, 0.15) is 4.47 Å². The van der Waals surface area contributed by atoms with Gasteiger partial charge in [-0.2, -0.15) is 5.10 Å². The number of aromatic nitrogens is 2. The van der Waals surface area contributed by atoms with Crippen LogP contribution >= 0.6 is 15.9 Å². The van der Waals surface area contributed by atoms with Gasteiger partial charge < -0.3 is 10.2 Å². The highest BCUT2D eigenvalue weighted by Crippen LogP contribution is 2.25. The van der Waals surface area contributed by atoms with Crippen LogP contribution in [0.5, 0.6) is 0 Å². The number of hydrogen-bond acceptors (Lipinski definition) is 4. The molecule has 0 aromatic carbocycles. The predicted molar refractivity (Wildman–Crippen MR) is 76.1 cm³/mol. The van der Waals surface area contributed by atoms with E-state index in [1.54, 1.807) is 13.2 Å². The molecule has 0 radical (unpaired) electrons. The van der Waals surface area contributed by atoms with Crippen molar-refractivity contribution in [1.82, 2.24) is 15.1 Å². The van der Waals surface area contributed by atoms with E-state index in [9.17, 15) is 4.79 Å². The molecule has 2 rings (SSSR count). The lowest BCUT2D eigenvalue weighted by Gasteiger charge is -2.35. The first-order valence-corrected chi connectivity index (χ1v) is 7.13. The summed E-state index contributed by atoms with van der Waals surface area (Å²) < 4.78 is 1.95. The third-order valence-electron chi connectivity index (χ3n) is 3.42. The summed E-state index contributed by atoms with van der Waals surface area (Å²) in [5.74, 6) is 0. The normalized spacial score (nSPS) is 19.8. The van der Waals surface area contributed by atoms with Gasteiger partial charge in [-0.05, 0) is 42.2 Å². The number of anilines is 1. The fourth-order valence-electron chi connectivity index (χ4n) is 2.43. The smallest absolute Gasteiger partial charge is 0.282 e. The van der Waals surface area contributed by atoms with Gasteiger partial charge in [0, 0.05) is 26.2 Å². The van der Waals surface area contributed by atoms with E-state index in [2.05, 4.69) is 38.2 Å². The number of nitrogens with one attached hydrogen (secondary N) is 1. The zero-order valence-electron chi connectivity index (χ0n) is 10.8. The molecule has 1 saturated heterocycles. The van der Waals surface area contributed by atoms with Crippen molar-refractivity contribution in [1.29, 1.82) is 0 Å². The van der Waals surface area contributed by atoms with Crippen molar-refractivity contribution in [3.05, 3.63) is 21.0 Å². The van der Waals surface area contributed by atoms with Crippen molar-refractivity contribution in [2.24, 2.45) is 7.05 Å². The van der Waals surface area contributed by atoms with Gasteiger partial charge in [-0.25, -0.2) is 4.68 Å². The average Bonchev–Trinajstić information content (AvgIpc) is 2.41. The highest BCUT2D eigenvalue weighted by molar-refractivity contribution is 9.10.